The van der Waals surface area contributed by atoms with Crippen LogP contribution in [0, 0.1) is 0 Å². The number of carbonyl (C=O) groups is 3. The predicted molar refractivity (Wildman–Crippen MR) is 315 cm³/mol. The fourth-order valence-corrected chi connectivity index (χ4v) is 7.42. The van der Waals surface area contributed by atoms with Gasteiger partial charge in [-0.15, -0.1) is 0 Å². The predicted octanol–water partition coefficient (Wildman–Crippen LogP) is 20.0. The van der Waals surface area contributed by atoms with E-state index in [2.05, 4.69) is 154 Å². The van der Waals surface area contributed by atoms with Gasteiger partial charge in [0, 0.05) is 19.3 Å². The van der Waals surface area contributed by atoms with Crippen molar-refractivity contribution in [3.8, 4) is 0 Å². The van der Waals surface area contributed by atoms with E-state index >= 15 is 0 Å². The summed E-state index contributed by atoms with van der Waals surface area (Å²) in [5.74, 6) is -1.05. The third-order valence-corrected chi connectivity index (χ3v) is 11.8. The molecule has 1 atom stereocenters. The summed E-state index contributed by atoms with van der Waals surface area (Å²) in [6.07, 6.45) is 85.5. The fourth-order valence-electron chi connectivity index (χ4n) is 7.42. The zero-order chi connectivity index (χ0) is 52.9. The maximum atomic E-state index is 12.9. The summed E-state index contributed by atoms with van der Waals surface area (Å²) in [7, 11) is 0. The molecule has 0 bridgehead atoms. The van der Waals surface area contributed by atoms with E-state index in [9.17, 15) is 14.4 Å². The van der Waals surface area contributed by atoms with E-state index in [1.807, 2.05) is 12.2 Å². The van der Waals surface area contributed by atoms with Crippen molar-refractivity contribution >= 4 is 17.9 Å². The van der Waals surface area contributed by atoms with Crippen LogP contribution >= 0.6 is 0 Å². The number of rotatable bonds is 51. The number of unbranched alkanes of at least 4 members (excludes halogenated alkanes) is 16. The van der Waals surface area contributed by atoms with E-state index in [4.69, 9.17) is 14.2 Å². The highest BCUT2D eigenvalue weighted by Gasteiger charge is 2.19. The molecule has 0 aliphatic heterocycles. The van der Waals surface area contributed by atoms with Crippen LogP contribution in [-0.2, 0) is 28.6 Å². The maximum absolute atomic E-state index is 12.9. The molecule has 0 aliphatic carbocycles. The van der Waals surface area contributed by atoms with Crippen LogP contribution < -0.4 is 0 Å². The van der Waals surface area contributed by atoms with Gasteiger partial charge < -0.3 is 14.2 Å². The van der Waals surface area contributed by atoms with Gasteiger partial charge in [0.2, 0.25) is 0 Å². The summed E-state index contributed by atoms with van der Waals surface area (Å²) in [5, 5.41) is 0. The molecule has 0 saturated heterocycles. The SMILES string of the molecule is CC/C=C\C/C=C\C/C=C\C/C=C\C/C=C\C/C=C\CCC(=O)OC[C@@H](COC(=O)CCCCCC/C=C\C/C=C\C/C=C\CCCCC)OC(=O)CCCCCCCC/C=C\C/C=C\C/C=C\CCCCC. The summed E-state index contributed by atoms with van der Waals surface area (Å²) in [4.78, 5) is 38.2. The highest BCUT2D eigenvalue weighted by Crippen LogP contribution is 2.13. The Morgan fingerprint density at radius 3 is 0.918 bits per heavy atom. The molecule has 0 heterocycles. The van der Waals surface area contributed by atoms with Crippen LogP contribution in [-0.4, -0.2) is 37.2 Å². The molecule has 73 heavy (non-hydrogen) atoms. The van der Waals surface area contributed by atoms with E-state index in [0.29, 0.717) is 12.8 Å². The summed E-state index contributed by atoms with van der Waals surface area (Å²) in [5.41, 5.74) is 0. The molecule has 6 nitrogen and oxygen atoms in total. The molecule has 0 aromatic heterocycles. The van der Waals surface area contributed by atoms with Crippen molar-refractivity contribution in [2.75, 3.05) is 13.2 Å². The van der Waals surface area contributed by atoms with Gasteiger partial charge in [0.1, 0.15) is 13.2 Å². The maximum Gasteiger partial charge on any atom is 0.306 e. The van der Waals surface area contributed by atoms with E-state index in [0.717, 1.165) is 128 Å². The Hall–Kier alpha value is -4.71. The zero-order valence-electron chi connectivity index (χ0n) is 46.8. The van der Waals surface area contributed by atoms with Gasteiger partial charge in [-0.25, -0.2) is 0 Å². The molecule has 0 spiro atoms. The lowest BCUT2D eigenvalue weighted by Crippen LogP contribution is -2.30. The van der Waals surface area contributed by atoms with Crippen LogP contribution in [0.1, 0.15) is 239 Å². The van der Waals surface area contributed by atoms with Gasteiger partial charge in [0.25, 0.3) is 0 Å². The minimum Gasteiger partial charge on any atom is -0.462 e. The Bertz CT molecular complexity index is 1630. The Kier molecular flexibility index (Phi) is 56.0. The van der Waals surface area contributed by atoms with Gasteiger partial charge in [-0.05, 0) is 135 Å². The fraction of sp³-hybridized carbons (Fsp3) is 0.597. The lowest BCUT2D eigenvalue weighted by atomic mass is 10.1. The molecule has 410 valence electrons. The highest BCUT2D eigenvalue weighted by molar-refractivity contribution is 5.71. The monoisotopic (exact) mass is 1010 g/mol. The number of hydrogen-bond donors (Lipinski definition) is 0. The molecule has 0 fully saturated rings. The molecule has 0 aromatic rings. The molecule has 0 aliphatic rings. The smallest absolute Gasteiger partial charge is 0.306 e. The van der Waals surface area contributed by atoms with Gasteiger partial charge in [0.15, 0.2) is 6.10 Å². The second kappa shape index (κ2) is 59.8. The van der Waals surface area contributed by atoms with Crippen LogP contribution in [0.15, 0.2) is 146 Å². The van der Waals surface area contributed by atoms with Crippen molar-refractivity contribution < 1.29 is 28.6 Å². The van der Waals surface area contributed by atoms with Crippen LogP contribution in [0.4, 0.5) is 0 Å². The lowest BCUT2D eigenvalue weighted by molar-refractivity contribution is -0.166. The average Bonchev–Trinajstić information content (AvgIpc) is 3.39. The minimum atomic E-state index is -0.833. The van der Waals surface area contributed by atoms with Crippen molar-refractivity contribution in [3.63, 3.8) is 0 Å². The van der Waals surface area contributed by atoms with Gasteiger partial charge in [-0.1, -0.05) is 231 Å². The standard InChI is InChI=1S/C67H106O6/c1-4-7-10-13-16-19-22-25-28-31-33-36-39-42-45-48-51-54-57-60-66(69)72-63-64(62-71-65(68)59-56-53-50-47-44-41-38-35-30-27-24-21-18-15-12-9-6-3)73-67(70)61-58-55-52-49-46-43-40-37-34-32-29-26-23-20-17-14-11-8-5-2/h7,10,16-21,25-30,33-34,36-38,41-42,45,51,54,64H,4-6,8-9,11-15,22-24,31-32,35,39-40,43-44,46-50,52-53,55-63H2,1-3H3/b10-7-,19-16-,20-17-,21-18-,28-25-,29-26-,30-27-,36-33-,37-34-,41-38-,45-42-,54-51-/t64-/m1/s1. The van der Waals surface area contributed by atoms with Crippen molar-refractivity contribution in [3.05, 3.63) is 146 Å². The minimum absolute atomic E-state index is 0.124. The first-order chi connectivity index (χ1) is 36.0. The number of esters is 3. The van der Waals surface area contributed by atoms with Gasteiger partial charge in [-0.2, -0.15) is 0 Å². The van der Waals surface area contributed by atoms with E-state index < -0.39 is 6.10 Å². The van der Waals surface area contributed by atoms with Gasteiger partial charge in [-0.3, -0.25) is 14.4 Å². The van der Waals surface area contributed by atoms with Crippen molar-refractivity contribution in [1.29, 1.82) is 0 Å². The number of hydrogen-bond acceptors (Lipinski definition) is 6. The van der Waals surface area contributed by atoms with Crippen molar-refractivity contribution in [2.45, 2.75) is 245 Å². The topological polar surface area (TPSA) is 78.9 Å². The first-order valence-corrected chi connectivity index (χ1v) is 29.3. The third kappa shape index (κ3) is 58.1. The molecule has 0 amide bonds. The van der Waals surface area contributed by atoms with E-state index in [1.54, 1.807) is 0 Å². The normalized spacial score (nSPS) is 13.2. The van der Waals surface area contributed by atoms with Crippen molar-refractivity contribution in [1.82, 2.24) is 0 Å². The zero-order valence-corrected chi connectivity index (χ0v) is 46.8. The molecule has 0 unspecified atom stereocenters. The molecule has 0 saturated carbocycles. The van der Waals surface area contributed by atoms with E-state index in [-0.39, 0.29) is 44.0 Å². The average molecular weight is 1010 g/mol. The van der Waals surface area contributed by atoms with Crippen LogP contribution in [0.5, 0.6) is 0 Å². The van der Waals surface area contributed by atoms with Gasteiger partial charge in [0.05, 0.1) is 0 Å². The summed E-state index contributed by atoms with van der Waals surface area (Å²) in [6, 6.07) is 0. The van der Waals surface area contributed by atoms with Crippen LogP contribution in [0.3, 0.4) is 0 Å². The lowest BCUT2D eigenvalue weighted by Gasteiger charge is -2.18. The molecule has 6 heteroatoms. The van der Waals surface area contributed by atoms with Gasteiger partial charge >= 0.3 is 17.9 Å². The summed E-state index contributed by atoms with van der Waals surface area (Å²) >= 11 is 0. The number of ether oxygens (including phenoxy) is 3. The summed E-state index contributed by atoms with van der Waals surface area (Å²) < 4.78 is 16.8. The highest BCUT2D eigenvalue weighted by atomic mass is 16.6. The molecule has 0 rings (SSSR count). The molecule has 0 radical (unpaired) electrons. The second-order valence-corrected chi connectivity index (χ2v) is 18.8. The van der Waals surface area contributed by atoms with Crippen LogP contribution in [0.25, 0.3) is 0 Å². The molecular formula is C67H106O6. The first kappa shape index (κ1) is 68.3. The van der Waals surface area contributed by atoms with E-state index in [1.165, 1.54) is 64.2 Å². The number of carbonyl (C=O) groups excluding carboxylic acids is 3. The first-order valence-electron chi connectivity index (χ1n) is 29.3. The third-order valence-electron chi connectivity index (χ3n) is 11.8. The number of allylic oxidation sites excluding steroid dienone is 24. The Morgan fingerprint density at radius 1 is 0.288 bits per heavy atom. The Morgan fingerprint density at radius 2 is 0.562 bits per heavy atom. The largest absolute Gasteiger partial charge is 0.462 e. The quantitative estimate of drug-likeness (QED) is 0.0261. The van der Waals surface area contributed by atoms with Crippen LogP contribution in [0.2, 0.25) is 0 Å². The summed E-state index contributed by atoms with van der Waals surface area (Å²) in [6.45, 7) is 6.37. The Labute approximate surface area is 448 Å². The molecule has 0 aromatic carbocycles. The molecule has 0 N–H and O–H groups in total. The van der Waals surface area contributed by atoms with Crippen molar-refractivity contribution in [2.24, 2.45) is 0 Å². The molecular weight excluding hydrogens is 901 g/mol. The second-order valence-electron chi connectivity index (χ2n) is 18.8. The Balaban J connectivity index is 4.60.